The lowest BCUT2D eigenvalue weighted by Gasteiger charge is -2.12. The number of fused-ring (bicyclic) bond motifs is 1. The maximum absolute atomic E-state index is 10.5. The molecule has 0 aliphatic heterocycles. The van der Waals surface area contributed by atoms with Crippen LogP contribution in [0.25, 0.3) is 10.1 Å². The number of thiophene rings is 1. The standard InChI is InChI=1S/C21H28N4OS2.HI/c1-4-22-21(23-10-9-16-13-27-20(25-16)14(2)3)24-12-17(26)19-11-15-7-5-6-8-18(15)28-19;/h5-8,11,13-14,17,26H,4,9-10,12H2,1-3H3,(H2,22,23,24);1H. The van der Waals surface area contributed by atoms with E-state index in [0.717, 1.165) is 36.0 Å². The number of hydrogen-bond acceptors (Lipinski definition) is 5. The van der Waals surface area contributed by atoms with E-state index in [0.29, 0.717) is 12.5 Å². The van der Waals surface area contributed by atoms with Crippen LogP contribution in [-0.4, -0.2) is 35.7 Å². The maximum Gasteiger partial charge on any atom is 0.191 e. The molecule has 0 bridgehead atoms. The summed E-state index contributed by atoms with van der Waals surface area (Å²) in [7, 11) is 0. The maximum atomic E-state index is 10.5. The van der Waals surface area contributed by atoms with E-state index < -0.39 is 6.10 Å². The monoisotopic (exact) mass is 544 g/mol. The molecule has 0 spiro atoms. The van der Waals surface area contributed by atoms with Crippen molar-refractivity contribution in [2.45, 2.75) is 39.2 Å². The van der Waals surface area contributed by atoms with Crippen LogP contribution in [0.1, 0.15) is 48.4 Å². The Balaban J connectivity index is 0.00000300. The van der Waals surface area contributed by atoms with Crippen molar-refractivity contribution in [3.05, 3.63) is 51.3 Å². The van der Waals surface area contributed by atoms with Gasteiger partial charge in [0.2, 0.25) is 0 Å². The van der Waals surface area contributed by atoms with E-state index in [-0.39, 0.29) is 24.0 Å². The minimum Gasteiger partial charge on any atom is -0.386 e. The van der Waals surface area contributed by atoms with E-state index in [1.54, 1.807) is 22.7 Å². The lowest BCUT2D eigenvalue weighted by atomic mass is 10.2. The predicted molar refractivity (Wildman–Crippen MR) is 136 cm³/mol. The summed E-state index contributed by atoms with van der Waals surface area (Å²) in [6.45, 7) is 8.23. The van der Waals surface area contributed by atoms with E-state index in [1.807, 2.05) is 19.1 Å². The number of guanidine groups is 1. The first kappa shape index (κ1) is 24.0. The highest BCUT2D eigenvalue weighted by atomic mass is 127. The molecule has 0 aliphatic carbocycles. The molecule has 1 unspecified atom stereocenters. The largest absolute Gasteiger partial charge is 0.386 e. The number of aliphatic hydroxyl groups is 1. The van der Waals surface area contributed by atoms with Gasteiger partial charge in [0.25, 0.3) is 0 Å². The van der Waals surface area contributed by atoms with Gasteiger partial charge in [0.05, 0.1) is 17.2 Å². The van der Waals surface area contributed by atoms with Crippen LogP contribution in [0.4, 0.5) is 0 Å². The Morgan fingerprint density at radius 1 is 1.24 bits per heavy atom. The second kappa shape index (κ2) is 11.8. The number of nitrogens with zero attached hydrogens (tertiary/aromatic N) is 2. The SMILES string of the molecule is CCNC(=NCC(O)c1cc2ccccc2s1)NCCc1csc(C(C)C)n1.I. The molecule has 0 saturated carbocycles. The van der Waals surface area contributed by atoms with Crippen molar-refractivity contribution in [3.8, 4) is 0 Å². The summed E-state index contributed by atoms with van der Waals surface area (Å²) < 4.78 is 1.19. The number of rotatable bonds is 8. The molecule has 0 fully saturated rings. The van der Waals surface area contributed by atoms with Gasteiger partial charge >= 0.3 is 0 Å². The van der Waals surface area contributed by atoms with E-state index in [9.17, 15) is 5.11 Å². The van der Waals surface area contributed by atoms with Crippen LogP contribution in [0, 0.1) is 0 Å². The van der Waals surface area contributed by atoms with Crippen LogP contribution in [-0.2, 0) is 6.42 Å². The Morgan fingerprint density at radius 2 is 2.03 bits per heavy atom. The summed E-state index contributed by atoms with van der Waals surface area (Å²) in [6, 6.07) is 10.2. The first-order valence-electron chi connectivity index (χ1n) is 9.69. The Kier molecular flexibility index (Phi) is 9.81. The topological polar surface area (TPSA) is 69.5 Å². The quantitative estimate of drug-likeness (QED) is 0.214. The highest BCUT2D eigenvalue weighted by Gasteiger charge is 2.11. The Morgan fingerprint density at radius 3 is 2.72 bits per heavy atom. The first-order valence-corrected chi connectivity index (χ1v) is 11.4. The van der Waals surface area contributed by atoms with Crippen LogP contribution in [0.5, 0.6) is 0 Å². The van der Waals surface area contributed by atoms with Gasteiger partial charge < -0.3 is 15.7 Å². The van der Waals surface area contributed by atoms with Gasteiger partial charge in [0, 0.05) is 40.4 Å². The van der Waals surface area contributed by atoms with Gasteiger partial charge in [-0.15, -0.1) is 46.7 Å². The van der Waals surface area contributed by atoms with E-state index in [1.165, 1.54) is 15.1 Å². The molecule has 0 radical (unpaired) electrons. The summed E-state index contributed by atoms with van der Waals surface area (Å²) in [5, 5.41) is 21.6. The van der Waals surface area contributed by atoms with Crippen molar-refractivity contribution in [3.63, 3.8) is 0 Å². The van der Waals surface area contributed by atoms with Crippen molar-refractivity contribution in [1.82, 2.24) is 15.6 Å². The third kappa shape index (κ3) is 6.91. The lowest BCUT2D eigenvalue weighted by Crippen LogP contribution is -2.38. The summed E-state index contributed by atoms with van der Waals surface area (Å²) >= 11 is 3.35. The molecule has 0 amide bonds. The smallest absolute Gasteiger partial charge is 0.191 e. The fraction of sp³-hybridized carbons (Fsp3) is 0.429. The van der Waals surface area contributed by atoms with Gasteiger partial charge in [-0.05, 0) is 24.4 Å². The van der Waals surface area contributed by atoms with Gasteiger partial charge in [0.1, 0.15) is 6.10 Å². The number of aliphatic imine (C=N–C) groups is 1. The minimum absolute atomic E-state index is 0. The first-order chi connectivity index (χ1) is 13.6. The summed E-state index contributed by atoms with van der Waals surface area (Å²) in [6.07, 6.45) is 0.256. The normalized spacial score (nSPS) is 12.8. The average Bonchev–Trinajstić information content (AvgIpc) is 3.32. The zero-order valence-electron chi connectivity index (χ0n) is 17.0. The van der Waals surface area contributed by atoms with E-state index >= 15 is 0 Å². The number of halogens is 1. The fourth-order valence-electron chi connectivity index (χ4n) is 2.79. The van der Waals surface area contributed by atoms with Crippen LogP contribution in [0.3, 0.4) is 0 Å². The molecular formula is C21H29IN4OS2. The molecule has 1 aromatic carbocycles. The molecule has 3 rings (SSSR count). The highest BCUT2D eigenvalue weighted by Crippen LogP contribution is 2.29. The average molecular weight is 545 g/mol. The molecule has 2 heterocycles. The lowest BCUT2D eigenvalue weighted by molar-refractivity contribution is 0.191. The number of aliphatic hydroxyl groups excluding tert-OH is 1. The van der Waals surface area contributed by atoms with Crippen LogP contribution in [0.15, 0.2) is 40.7 Å². The second-order valence-electron chi connectivity index (χ2n) is 6.93. The molecule has 5 nitrogen and oxygen atoms in total. The molecule has 158 valence electrons. The van der Waals surface area contributed by atoms with E-state index in [2.05, 4.69) is 58.0 Å². The summed E-state index contributed by atoms with van der Waals surface area (Å²) in [5.41, 5.74) is 1.11. The van der Waals surface area contributed by atoms with E-state index in [4.69, 9.17) is 0 Å². The fourth-order valence-corrected chi connectivity index (χ4v) is 4.70. The number of benzene rings is 1. The van der Waals surface area contributed by atoms with Crippen LogP contribution >= 0.6 is 46.7 Å². The highest BCUT2D eigenvalue weighted by molar-refractivity contribution is 14.0. The van der Waals surface area contributed by atoms with Gasteiger partial charge in [-0.3, -0.25) is 4.99 Å². The third-order valence-electron chi connectivity index (χ3n) is 4.28. The molecule has 3 N–H and O–H groups in total. The molecule has 29 heavy (non-hydrogen) atoms. The Bertz CT molecular complexity index is 889. The molecular weight excluding hydrogens is 515 g/mol. The zero-order chi connectivity index (χ0) is 19.9. The Hall–Kier alpha value is -1.23. The summed E-state index contributed by atoms with van der Waals surface area (Å²) in [5.74, 6) is 1.20. The molecule has 0 aliphatic rings. The van der Waals surface area contributed by atoms with Gasteiger partial charge in [-0.1, -0.05) is 32.0 Å². The number of aromatic nitrogens is 1. The molecule has 0 saturated heterocycles. The second-order valence-corrected chi connectivity index (χ2v) is 8.94. The van der Waals surface area contributed by atoms with Crippen molar-refractivity contribution in [1.29, 1.82) is 0 Å². The van der Waals surface area contributed by atoms with Crippen molar-refractivity contribution < 1.29 is 5.11 Å². The molecule has 1 atom stereocenters. The third-order valence-corrected chi connectivity index (χ3v) is 6.69. The van der Waals surface area contributed by atoms with Crippen molar-refractivity contribution in [2.24, 2.45) is 4.99 Å². The van der Waals surface area contributed by atoms with Crippen LogP contribution in [0.2, 0.25) is 0 Å². The van der Waals surface area contributed by atoms with Gasteiger partial charge in [-0.2, -0.15) is 0 Å². The van der Waals surface area contributed by atoms with Crippen molar-refractivity contribution in [2.75, 3.05) is 19.6 Å². The van der Waals surface area contributed by atoms with Gasteiger partial charge in [-0.25, -0.2) is 4.98 Å². The minimum atomic E-state index is -0.597. The molecule has 8 heteroatoms. The van der Waals surface area contributed by atoms with Gasteiger partial charge in [0.15, 0.2) is 5.96 Å². The number of hydrogen-bond donors (Lipinski definition) is 3. The Labute approximate surface area is 197 Å². The predicted octanol–water partition coefficient (Wildman–Crippen LogP) is 4.93. The number of nitrogens with one attached hydrogen (secondary N) is 2. The molecule has 3 aromatic rings. The summed E-state index contributed by atoms with van der Waals surface area (Å²) in [4.78, 5) is 10.2. The van der Waals surface area contributed by atoms with Crippen LogP contribution < -0.4 is 10.6 Å². The van der Waals surface area contributed by atoms with Crippen molar-refractivity contribution >= 4 is 62.7 Å². The number of thiazole rings is 1. The zero-order valence-corrected chi connectivity index (χ0v) is 21.0. The molecule has 2 aromatic heterocycles.